The molecule has 6 rings (SSSR count). The van der Waals surface area contributed by atoms with Crippen LogP contribution in [0, 0.1) is 5.82 Å². The van der Waals surface area contributed by atoms with Crippen molar-refractivity contribution in [3.63, 3.8) is 0 Å². The summed E-state index contributed by atoms with van der Waals surface area (Å²) in [6, 6.07) is 11.1. The second-order valence-electron chi connectivity index (χ2n) is 10.2. The first-order chi connectivity index (χ1) is 19.1. The molecule has 1 aromatic carbocycles. The van der Waals surface area contributed by atoms with Gasteiger partial charge in [0.1, 0.15) is 17.5 Å². The van der Waals surface area contributed by atoms with Crippen molar-refractivity contribution in [2.45, 2.75) is 25.3 Å². The van der Waals surface area contributed by atoms with Gasteiger partial charge in [0.25, 0.3) is 5.91 Å². The molecule has 208 valence electrons. The highest BCUT2D eigenvalue weighted by Gasteiger charge is 2.30. The van der Waals surface area contributed by atoms with Crippen LogP contribution in [0.15, 0.2) is 53.5 Å². The molecule has 2 aliphatic heterocycles. The van der Waals surface area contributed by atoms with Gasteiger partial charge in [0.15, 0.2) is 5.65 Å². The number of hydrogen-bond donors (Lipinski definition) is 1. The predicted molar refractivity (Wildman–Crippen MR) is 150 cm³/mol. The fourth-order valence-electron chi connectivity index (χ4n) is 5.53. The summed E-state index contributed by atoms with van der Waals surface area (Å²) in [6.45, 7) is 1.48. The average molecular weight is 566 g/mol. The van der Waals surface area contributed by atoms with Crippen molar-refractivity contribution >= 4 is 44.4 Å². The van der Waals surface area contributed by atoms with E-state index in [4.69, 9.17) is 0 Å². The Morgan fingerprint density at radius 1 is 1.12 bits per heavy atom. The Labute approximate surface area is 229 Å². The molecule has 2 aliphatic rings. The van der Waals surface area contributed by atoms with E-state index < -0.39 is 10.0 Å². The van der Waals surface area contributed by atoms with Crippen LogP contribution in [0.25, 0.3) is 11.2 Å². The number of amides is 1. The largest absolute Gasteiger partial charge is 0.356 e. The number of piperidine rings is 1. The summed E-state index contributed by atoms with van der Waals surface area (Å²) in [6.07, 6.45) is 4.53. The summed E-state index contributed by atoms with van der Waals surface area (Å²) < 4.78 is 41.3. The monoisotopic (exact) mass is 565 g/mol. The number of hydrogen-bond acceptors (Lipinski definition) is 7. The Hall–Kier alpha value is -4.26. The fourth-order valence-corrected chi connectivity index (χ4v) is 5.96. The number of fused-ring (bicyclic) bond motifs is 2. The maximum Gasteiger partial charge on any atom is 0.327 e. The van der Waals surface area contributed by atoms with E-state index in [1.54, 1.807) is 33.9 Å². The van der Waals surface area contributed by atoms with E-state index in [1.165, 1.54) is 25.2 Å². The van der Waals surface area contributed by atoms with Crippen molar-refractivity contribution in [1.29, 1.82) is 0 Å². The van der Waals surface area contributed by atoms with Crippen molar-refractivity contribution < 1.29 is 17.6 Å². The SMILES string of the molecule is CN(c1cc(C(=O)N2CCc3cc(F)ccc32)cc(N2CCC(n3c(=O)[nH]c4ncccc43)CC2)n1)S(C)(=O)=O. The van der Waals surface area contributed by atoms with Gasteiger partial charge in [-0.1, -0.05) is 0 Å². The first-order valence-electron chi connectivity index (χ1n) is 13.0. The number of aromatic nitrogens is 4. The van der Waals surface area contributed by atoms with Gasteiger partial charge in [-0.2, -0.15) is 0 Å². The van der Waals surface area contributed by atoms with Crippen LogP contribution in [-0.4, -0.2) is 66.8 Å². The first-order valence-corrected chi connectivity index (χ1v) is 14.8. The molecule has 0 spiro atoms. The minimum Gasteiger partial charge on any atom is -0.356 e. The van der Waals surface area contributed by atoms with Crippen LogP contribution in [0.1, 0.15) is 34.8 Å². The molecule has 0 unspecified atom stereocenters. The Morgan fingerprint density at radius 2 is 1.90 bits per heavy atom. The Bertz CT molecular complexity index is 1790. The maximum atomic E-state index is 13.7. The standard InChI is InChI=1S/C27H28FN7O4S/c1-32(40(2,38)39)23-15-18(26(36)34-13-7-17-14-19(28)5-6-21(17)34)16-24(30-23)33-11-8-20(9-12-33)35-22-4-3-10-29-25(22)31-27(35)37/h3-6,10,14-16,20H,7-9,11-13H2,1-2H3,(H,29,31,37). The van der Waals surface area contributed by atoms with Gasteiger partial charge in [-0.3, -0.25) is 18.7 Å². The van der Waals surface area contributed by atoms with Crippen LogP contribution in [0.5, 0.6) is 0 Å². The van der Waals surface area contributed by atoms with Crippen molar-refractivity contribution in [2.24, 2.45) is 0 Å². The molecule has 4 aromatic rings. The summed E-state index contributed by atoms with van der Waals surface area (Å²) in [5, 5.41) is 0. The molecule has 5 heterocycles. The Morgan fingerprint density at radius 3 is 2.65 bits per heavy atom. The number of rotatable bonds is 5. The predicted octanol–water partition coefficient (Wildman–Crippen LogP) is 2.70. The third-order valence-electron chi connectivity index (χ3n) is 7.69. The molecule has 1 saturated heterocycles. The van der Waals surface area contributed by atoms with E-state index in [0.29, 0.717) is 56.0 Å². The normalized spacial score (nSPS) is 16.0. The lowest BCUT2D eigenvalue weighted by Crippen LogP contribution is -2.38. The van der Waals surface area contributed by atoms with Crippen LogP contribution in [0.2, 0.25) is 0 Å². The molecule has 1 amide bonds. The van der Waals surface area contributed by atoms with Crippen molar-refractivity contribution in [3.8, 4) is 0 Å². The van der Waals surface area contributed by atoms with E-state index >= 15 is 0 Å². The number of sulfonamides is 1. The third-order valence-corrected chi connectivity index (χ3v) is 8.87. The second kappa shape index (κ2) is 9.73. The number of H-pyrrole nitrogens is 1. The van der Waals surface area contributed by atoms with Crippen LogP contribution < -0.4 is 19.8 Å². The van der Waals surface area contributed by atoms with Gasteiger partial charge in [-0.15, -0.1) is 0 Å². The minimum atomic E-state index is -3.64. The van der Waals surface area contributed by atoms with Gasteiger partial charge < -0.3 is 9.80 Å². The number of imidazole rings is 1. The lowest BCUT2D eigenvalue weighted by Gasteiger charge is -2.34. The molecule has 0 atom stereocenters. The van der Waals surface area contributed by atoms with Crippen LogP contribution in [-0.2, 0) is 16.4 Å². The van der Waals surface area contributed by atoms with E-state index in [-0.39, 0.29) is 34.8 Å². The number of benzene rings is 1. The number of carbonyl (C=O) groups is 1. The molecule has 1 fully saturated rings. The average Bonchev–Trinajstić information content (AvgIpc) is 3.51. The maximum absolute atomic E-state index is 13.7. The quantitative estimate of drug-likeness (QED) is 0.395. The van der Waals surface area contributed by atoms with Gasteiger partial charge >= 0.3 is 5.69 Å². The third kappa shape index (κ3) is 4.59. The molecule has 13 heteroatoms. The van der Waals surface area contributed by atoms with Crippen LogP contribution in [0.4, 0.5) is 21.7 Å². The van der Waals surface area contributed by atoms with E-state index in [2.05, 4.69) is 15.0 Å². The number of halogens is 1. The van der Waals surface area contributed by atoms with Crippen LogP contribution in [0.3, 0.4) is 0 Å². The van der Waals surface area contributed by atoms with E-state index in [1.807, 2.05) is 11.0 Å². The van der Waals surface area contributed by atoms with Gasteiger partial charge in [0.05, 0.1) is 11.8 Å². The molecule has 0 aliphatic carbocycles. The number of aromatic amines is 1. The number of nitrogens with one attached hydrogen (secondary N) is 1. The van der Waals surface area contributed by atoms with Gasteiger partial charge in [-0.05, 0) is 67.3 Å². The van der Waals surface area contributed by atoms with Gasteiger partial charge in [0.2, 0.25) is 10.0 Å². The smallest absolute Gasteiger partial charge is 0.327 e. The lowest BCUT2D eigenvalue weighted by molar-refractivity contribution is 0.0989. The number of anilines is 3. The molecule has 11 nitrogen and oxygen atoms in total. The molecule has 0 radical (unpaired) electrons. The van der Waals surface area contributed by atoms with Crippen LogP contribution >= 0.6 is 0 Å². The van der Waals surface area contributed by atoms with Crippen molar-refractivity contribution in [1.82, 2.24) is 19.5 Å². The zero-order valence-corrected chi connectivity index (χ0v) is 22.9. The van der Waals surface area contributed by atoms with E-state index in [9.17, 15) is 22.4 Å². The highest BCUT2D eigenvalue weighted by Crippen LogP contribution is 2.33. The van der Waals surface area contributed by atoms with Crippen molar-refractivity contribution in [3.05, 3.63) is 76.1 Å². The van der Waals surface area contributed by atoms with Gasteiger partial charge in [0, 0.05) is 50.2 Å². The zero-order chi connectivity index (χ0) is 28.2. The van der Waals surface area contributed by atoms with Gasteiger partial charge in [-0.25, -0.2) is 27.6 Å². The van der Waals surface area contributed by atoms with Crippen molar-refractivity contribution in [2.75, 3.05) is 47.0 Å². The molecule has 0 saturated carbocycles. The highest BCUT2D eigenvalue weighted by molar-refractivity contribution is 7.92. The summed E-state index contributed by atoms with van der Waals surface area (Å²) in [7, 11) is -2.25. The molecular weight excluding hydrogens is 537 g/mol. The summed E-state index contributed by atoms with van der Waals surface area (Å²) in [4.78, 5) is 41.6. The number of carbonyl (C=O) groups excluding carboxylic acids is 1. The first kappa shape index (κ1) is 26.0. The minimum absolute atomic E-state index is 0.0498. The highest BCUT2D eigenvalue weighted by atomic mass is 32.2. The summed E-state index contributed by atoms with van der Waals surface area (Å²) >= 11 is 0. The Kier molecular flexibility index (Phi) is 6.32. The zero-order valence-electron chi connectivity index (χ0n) is 22.0. The Balaban J connectivity index is 1.31. The molecule has 1 N–H and O–H groups in total. The fraction of sp³-hybridized carbons (Fsp3) is 0.333. The molecule has 3 aromatic heterocycles. The summed E-state index contributed by atoms with van der Waals surface area (Å²) in [5.41, 5.74) is 2.76. The number of nitrogens with zero attached hydrogens (tertiary/aromatic N) is 6. The molecular formula is C27H28FN7O4S. The molecule has 40 heavy (non-hydrogen) atoms. The number of pyridine rings is 2. The lowest BCUT2D eigenvalue weighted by atomic mass is 10.0. The second-order valence-corrected chi connectivity index (χ2v) is 12.2. The molecule has 0 bridgehead atoms. The summed E-state index contributed by atoms with van der Waals surface area (Å²) in [5.74, 6) is -0.0695. The topological polar surface area (TPSA) is 124 Å². The van der Waals surface area contributed by atoms with E-state index in [0.717, 1.165) is 21.6 Å².